The molecule has 0 aliphatic heterocycles. The molecule has 1 heterocycles. The molecular formula is C13H11BrCl2FN3O. The van der Waals surface area contributed by atoms with Crippen molar-refractivity contribution in [3.8, 4) is 0 Å². The van der Waals surface area contributed by atoms with Crippen molar-refractivity contribution < 1.29 is 9.13 Å². The summed E-state index contributed by atoms with van der Waals surface area (Å²) >= 11 is 15.2. The molecule has 21 heavy (non-hydrogen) atoms. The molecule has 0 saturated carbocycles. The molecule has 8 heteroatoms. The fraction of sp³-hybridized carbons (Fsp3) is 0.231. The summed E-state index contributed by atoms with van der Waals surface area (Å²) < 4.78 is 18.9. The maximum Gasteiger partial charge on any atom is 0.158 e. The van der Waals surface area contributed by atoms with E-state index in [9.17, 15) is 4.39 Å². The number of rotatable bonds is 5. The molecule has 1 aromatic carbocycles. The topological polar surface area (TPSA) is 47.0 Å². The summed E-state index contributed by atoms with van der Waals surface area (Å²) in [6.07, 6.45) is 0. The van der Waals surface area contributed by atoms with Crippen LogP contribution in [0.5, 0.6) is 0 Å². The van der Waals surface area contributed by atoms with Crippen molar-refractivity contribution in [2.24, 2.45) is 0 Å². The van der Waals surface area contributed by atoms with Crippen LogP contribution in [0.25, 0.3) is 0 Å². The van der Waals surface area contributed by atoms with E-state index in [2.05, 4.69) is 31.2 Å². The van der Waals surface area contributed by atoms with Crippen LogP contribution in [0.3, 0.4) is 0 Å². The van der Waals surface area contributed by atoms with E-state index in [1.807, 2.05) is 6.92 Å². The smallest absolute Gasteiger partial charge is 0.158 e. The highest BCUT2D eigenvalue weighted by atomic mass is 79.9. The Morgan fingerprint density at radius 3 is 2.71 bits per heavy atom. The summed E-state index contributed by atoms with van der Waals surface area (Å²) in [5.41, 5.74) is 0.496. The molecule has 2 aromatic rings. The molecule has 0 aliphatic rings. The number of anilines is 2. The highest BCUT2D eigenvalue weighted by Crippen LogP contribution is 2.33. The Morgan fingerprint density at radius 2 is 2.05 bits per heavy atom. The number of aromatic nitrogens is 2. The lowest BCUT2D eigenvalue weighted by Gasteiger charge is -2.11. The Bertz CT molecular complexity index is 634. The third-order valence-corrected chi connectivity index (χ3v) is 3.55. The number of benzene rings is 1. The van der Waals surface area contributed by atoms with Crippen LogP contribution in [0.15, 0.2) is 22.7 Å². The zero-order valence-electron chi connectivity index (χ0n) is 11.0. The molecule has 112 valence electrons. The van der Waals surface area contributed by atoms with Crippen LogP contribution in [0.2, 0.25) is 10.2 Å². The van der Waals surface area contributed by atoms with Gasteiger partial charge in [-0.15, -0.1) is 0 Å². The molecule has 0 unspecified atom stereocenters. The number of hydrogen-bond acceptors (Lipinski definition) is 4. The third-order valence-electron chi connectivity index (χ3n) is 2.44. The van der Waals surface area contributed by atoms with E-state index >= 15 is 0 Å². The SMILES string of the molecule is CCOCc1nc(Cl)cc(Nc2c(Cl)cc(F)cc2Br)n1. The monoisotopic (exact) mass is 393 g/mol. The highest BCUT2D eigenvalue weighted by Gasteiger charge is 2.11. The molecule has 0 spiro atoms. The second kappa shape index (κ2) is 7.35. The Morgan fingerprint density at radius 1 is 1.29 bits per heavy atom. The number of nitrogens with zero attached hydrogens (tertiary/aromatic N) is 2. The van der Waals surface area contributed by atoms with Crippen LogP contribution >= 0.6 is 39.1 Å². The summed E-state index contributed by atoms with van der Waals surface area (Å²) in [6.45, 7) is 2.68. The predicted molar refractivity (Wildman–Crippen MR) is 84.8 cm³/mol. The van der Waals surface area contributed by atoms with Gasteiger partial charge in [-0.25, -0.2) is 14.4 Å². The third kappa shape index (κ3) is 4.51. The average Bonchev–Trinajstić information content (AvgIpc) is 2.40. The second-order valence-corrected chi connectivity index (χ2v) is 5.65. The summed E-state index contributed by atoms with van der Waals surface area (Å²) in [7, 11) is 0. The molecule has 0 fully saturated rings. The predicted octanol–water partition coefficient (Wildman–Crippen LogP) is 4.97. The van der Waals surface area contributed by atoms with Crippen LogP contribution in [-0.4, -0.2) is 16.6 Å². The zero-order chi connectivity index (χ0) is 15.4. The summed E-state index contributed by atoms with van der Waals surface area (Å²) in [4.78, 5) is 8.32. The lowest BCUT2D eigenvalue weighted by Crippen LogP contribution is -2.03. The van der Waals surface area contributed by atoms with Gasteiger partial charge in [0, 0.05) is 17.1 Å². The second-order valence-electron chi connectivity index (χ2n) is 4.00. The Labute approximate surface area is 139 Å². The van der Waals surface area contributed by atoms with Gasteiger partial charge in [-0.2, -0.15) is 0 Å². The van der Waals surface area contributed by atoms with E-state index in [0.717, 1.165) is 0 Å². The summed E-state index contributed by atoms with van der Waals surface area (Å²) in [6, 6.07) is 4.06. The van der Waals surface area contributed by atoms with Gasteiger partial charge in [0.05, 0.1) is 10.7 Å². The molecule has 0 amide bonds. The molecule has 0 saturated heterocycles. The minimum absolute atomic E-state index is 0.225. The van der Waals surface area contributed by atoms with Gasteiger partial charge >= 0.3 is 0 Å². The zero-order valence-corrected chi connectivity index (χ0v) is 14.1. The van der Waals surface area contributed by atoms with E-state index in [1.54, 1.807) is 6.07 Å². The fourth-order valence-electron chi connectivity index (χ4n) is 1.58. The van der Waals surface area contributed by atoms with Crippen LogP contribution in [0, 0.1) is 5.82 Å². The van der Waals surface area contributed by atoms with E-state index in [1.165, 1.54) is 12.1 Å². The number of hydrogen-bond donors (Lipinski definition) is 1. The standard InChI is InChI=1S/C13H11BrCl2FN3O/c1-2-21-6-12-18-10(16)5-11(19-12)20-13-8(14)3-7(17)4-9(13)15/h3-5H,2,6H2,1H3,(H,18,19,20). The Kier molecular flexibility index (Phi) is 5.75. The van der Waals surface area contributed by atoms with Gasteiger partial charge in [0.15, 0.2) is 5.82 Å². The molecule has 1 aromatic heterocycles. The maximum absolute atomic E-state index is 13.2. The first kappa shape index (κ1) is 16.4. The molecule has 0 aliphatic carbocycles. The normalized spacial score (nSPS) is 10.7. The molecule has 2 rings (SSSR count). The first-order chi connectivity index (χ1) is 9.99. The number of halogens is 4. The van der Waals surface area contributed by atoms with Gasteiger partial charge in [0.1, 0.15) is 23.4 Å². The first-order valence-electron chi connectivity index (χ1n) is 6.02. The Hall–Kier alpha value is -0.950. The first-order valence-corrected chi connectivity index (χ1v) is 7.57. The summed E-state index contributed by atoms with van der Waals surface area (Å²) in [5.74, 6) is 0.454. The van der Waals surface area contributed by atoms with E-state index in [4.69, 9.17) is 27.9 Å². The van der Waals surface area contributed by atoms with Crippen molar-refractivity contribution in [2.45, 2.75) is 13.5 Å². The van der Waals surface area contributed by atoms with Gasteiger partial charge in [-0.1, -0.05) is 23.2 Å². The molecule has 0 atom stereocenters. The van der Waals surface area contributed by atoms with Gasteiger partial charge in [-0.05, 0) is 35.0 Å². The van der Waals surface area contributed by atoms with Crippen molar-refractivity contribution >= 4 is 50.6 Å². The van der Waals surface area contributed by atoms with Crippen molar-refractivity contribution in [1.82, 2.24) is 9.97 Å². The minimum Gasteiger partial charge on any atom is -0.374 e. The molecule has 0 bridgehead atoms. The van der Waals surface area contributed by atoms with Crippen LogP contribution in [0.1, 0.15) is 12.7 Å². The molecule has 4 nitrogen and oxygen atoms in total. The lowest BCUT2D eigenvalue weighted by molar-refractivity contribution is 0.128. The van der Waals surface area contributed by atoms with Gasteiger partial charge in [-0.3, -0.25) is 0 Å². The van der Waals surface area contributed by atoms with Crippen LogP contribution in [-0.2, 0) is 11.3 Å². The largest absolute Gasteiger partial charge is 0.374 e. The van der Waals surface area contributed by atoms with Crippen LogP contribution in [0.4, 0.5) is 15.9 Å². The van der Waals surface area contributed by atoms with E-state index in [-0.39, 0.29) is 16.8 Å². The fourth-order valence-corrected chi connectivity index (χ4v) is 2.68. The average molecular weight is 395 g/mol. The van der Waals surface area contributed by atoms with Crippen molar-refractivity contribution in [1.29, 1.82) is 0 Å². The Balaban J connectivity index is 2.29. The van der Waals surface area contributed by atoms with Crippen molar-refractivity contribution in [2.75, 3.05) is 11.9 Å². The van der Waals surface area contributed by atoms with Gasteiger partial charge < -0.3 is 10.1 Å². The van der Waals surface area contributed by atoms with Gasteiger partial charge in [0.25, 0.3) is 0 Å². The van der Waals surface area contributed by atoms with Crippen LogP contribution < -0.4 is 5.32 Å². The molecule has 0 radical (unpaired) electrons. The highest BCUT2D eigenvalue weighted by molar-refractivity contribution is 9.10. The molecule has 1 N–H and O–H groups in total. The lowest BCUT2D eigenvalue weighted by atomic mass is 10.3. The quantitative estimate of drug-likeness (QED) is 0.727. The van der Waals surface area contributed by atoms with E-state index in [0.29, 0.717) is 28.4 Å². The summed E-state index contributed by atoms with van der Waals surface area (Å²) in [5, 5.41) is 3.49. The molecular weight excluding hydrogens is 384 g/mol. The van der Waals surface area contributed by atoms with Crippen molar-refractivity contribution in [3.05, 3.63) is 44.5 Å². The van der Waals surface area contributed by atoms with Gasteiger partial charge in [0.2, 0.25) is 0 Å². The number of ether oxygens (including phenoxy) is 1. The van der Waals surface area contributed by atoms with Crippen molar-refractivity contribution in [3.63, 3.8) is 0 Å². The van der Waals surface area contributed by atoms with E-state index < -0.39 is 5.82 Å². The number of nitrogens with one attached hydrogen (secondary N) is 1. The minimum atomic E-state index is -0.435. The maximum atomic E-state index is 13.2.